The van der Waals surface area contributed by atoms with E-state index in [4.69, 9.17) is 17.4 Å². The van der Waals surface area contributed by atoms with Crippen LogP contribution < -0.4 is 11.3 Å². The molecule has 0 heterocycles. The van der Waals surface area contributed by atoms with Crippen LogP contribution >= 0.6 is 11.6 Å². The maximum Gasteiger partial charge on any atom is 0.0488 e. The van der Waals surface area contributed by atoms with Crippen molar-refractivity contribution in [2.75, 3.05) is 0 Å². The number of hydrogen-bond donors (Lipinski definition) is 2. The van der Waals surface area contributed by atoms with Crippen molar-refractivity contribution in [3.8, 4) is 0 Å². The third-order valence-electron chi connectivity index (χ3n) is 3.92. The van der Waals surface area contributed by atoms with E-state index in [1.54, 1.807) is 0 Å². The van der Waals surface area contributed by atoms with Crippen molar-refractivity contribution in [2.24, 2.45) is 17.7 Å². The molecule has 0 aliphatic heterocycles. The number of benzene rings is 1. The van der Waals surface area contributed by atoms with E-state index in [1.807, 2.05) is 18.2 Å². The molecule has 0 spiro atoms. The van der Waals surface area contributed by atoms with Crippen LogP contribution in [0.25, 0.3) is 0 Å². The normalized spacial score (nSPS) is 26.8. The zero-order valence-corrected chi connectivity index (χ0v) is 11.1. The summed E-state index contributed by atoms with van der Waals surface area (Å²) in [6.45, 7) is 2.33. The van der Waals surface area contributed by atoms with E-state index in [0.717, 1.165) is 10.9 Å². The lowest BCUT2D eigenvalue weighted by Gasteiger charge is -2.32. The minimum Gasteiger partial charge on any atom is -0.271 e. The summed E-state index contributed by atoms with van der Waals surface area (Å²) in [6.07, 6.45) is 5.12. The zero-order chi connectivity index (χ0) is 12.3. The van der Waals surface area contributed by atoms with Gasteiger partial charge in [-0.2, -0.15) is 0 Å². The summed E-state index contributed by atoms with van der Waals surface area (Å²) in [4.78, 5) is 0. The Hall–Kier alpha value is -0.570. The second-order valence-electron chi connectivity index (χ2n) is 5.22. The van der Waals surface area contributed by atoms with Crippen LogP contribution in [0.1, 0.15) is 44.2 Å². The predicted octanol–water partition coefficient (Wildman–Crippen LogP) is 3.67. The average Bonchev–Trinajstić information content (AvgIpc) is 2.33. The van der Waals surface area contributed by atoms with Crippen molar-refractivity contribution in [3.05, 3.63) is 34.9 Å². The minimum atomic E-state index is 0.237. The summed E-state index contributed by atoms with van der Waals surface area (Å²) in [6, 6.07) is 8.26. The molecule has 2 rings (SSSR count). The molecule has 1 fully saturated rings. The lowest BCUT2D eigenvalue weighted by atomic mass is 9.77. The van der Waals surface area contributed by atoms with E-state index in [9.17, 15) is 0 Å². The van der Waals surface area contributed by atoms with Gasteiger partial charge in [0.1, 0.15) is 0 Å². The van der Waals surface area contributed by atoms with Crippen molar-refractivity contribution in [3.63, 3.8) is 0 Å². The molecule has 0 saturated heterocycles. The van der Waals surface area contributed by atoms with E-state index >= 15 is 0 Å². The van der Waals surface area contributed by atoms with Crippen molar-refractivity contribution in [1.29, 1.82) is 0 Å². The first kappa shape index (κ1) is 12.9. The molecule has 2 nitrogen and oxygen atoms in total. The SMILES string of the molecule is CC1CCC(C(NN)c2cccc(Cl)c2)CC1. The largest absolute Gasteiger partial charge is 0.271 e. The van der Waals surface area contributed by atoms with Gasteiger partial charge >= 0.3 is 0 Å². The van der Waals surface area contributed by atoms with Crippen LogP contribution in [-0.2, 0) is 0 Å². The van der Waals surface area contributed by atoms with Crippen LogP contribution in [0.4, 0.5) is 0 Å². The van der Waals surface area contributed by atoms with Crippen molar-refractivity contribution in [1.82, 2.24) is 5.43 Å². The van der Waals surface area contributed by atoms with E-state index in [0.29, 0.717) is 5.92 Å². The maximum atomic E-state index is 6.04. The quantitative estimate of drug-likeness (QED) is 0.636. The van der Waals surface area contributed by atoms with Gasteiger partial charge in [0, 0.05) is 11.1 Å². The highest BCUT2D eigenvalue weighted by Crippen LogP contribution is 2.36. The summed E-state index contributed by atoms with van der Waals surface area (Å²) >= 11 is 6.04. The van der Waals surface area contributed by atoms with Gasteiger partial charge in [0.2, 0.25) is 0 Å². The monoisotopic (exact) mass is 252 g/mol. The fourth-order valence-electron chi connectivity index (χ4n) is 2.82. The number of nitrogens with one attached hydrogen (secondary N) is 1. The van der Waals surface area contributed by atoms with Gasteiger partial charge in [-0.15, -0.1) is 0 Å². The Morgan fingerprint density at radius 3 is 2.59 bits per heavy atom. The molecule has 1 aromatic carbocycles. The third kappa shape index (κ3) is 3.21. The average molecular weight is 253 g/mol. The number of nitrogens with two attached hydrogens (primary N) is 1. The topological polar surface area (TPSA) is 38.0 Å². The summed E-state index contributed by atoms with van der Waals surface area (Å²) in [5, 5.41) is 0.784. The van der Waals surface area contributed by atoms with Gasteiger partial charge in [-0.25, -0.2) is 0 Å². The molecule has 1 unspecified atom stereocenters. The molecule has 1 atom stereocenters. The first-order chi connectivity index (χ1) is 8.20. The van der Waals surface area contributed by atoms with Crippen LogP contribution in [0.15, 0.2) is 24.3 Å². The molecule has 3 heteroatoms. The van der Waals surface area contributed by atoms with E-state index in [2.05, 4.69) is 18.4 Å². The van der Waals surface area contributed by atoms with Gasteiger partial charge in [0.05, 0.1) is 0 Å². The minimum absolute atomic E-state index is 0.237. The van der Waals surface area contributed by atoms with Crippen LogP contribution in [0.5, 0.6) is 0 Å². The summed E-state index contributed by atoms with van der Waals surface area (Å²) in [7, 11) is 0. The highest BCUT2D eigenvalue weighted by molar-refractivity contribution is 6.30. The highest BCUT2D eigenvalue weighted by atomic mass is 35.5. The van der Waals surface area contributed by atoms with E-state index in [1.165, 1.54) is 31.2 Å². The first-order valence-corrected chi connectivity index (χ1v) is 6.80. The molecule has 94 valence electrons. The number of hydrogen-bond acceptors (Lipinski definition) is 2. The highest BCUT2D eigenvalue weighted by Gasteiger charge is 2.26. The van der Waals surface area contributed by atoms with Gasteiger partial charge in [-0.3, -0.25) is 11.3 Å². The zero-order valence-electron chi connectivity index (χ0n) is 10.3. The lowest BCUT2D eigenvalue weighted by Crippen LogP contribution is -2.35. The van der Waals surface area contributed by atoms with Crippen LogP contribution in [0, 0.1) is 11.8 Å². The van der Waals surface area contributed by atoms with Crippen LogP contribution in [0.3, 0.4) is 0 Å². The first-order valence-electron chi connectivity index (χ1n) is 6.42. The second kappa shape index (κ2) is 5.85. The van der Waals surface area contributed by atoms with Gasteiger partial charge in [-0.1, -0.05) is 43.5 Å². The summed E-state index contributed by atoms with van der Waals surface area (Å²) in [5.74, 6) is 7.23. The van der Waals surface area contributed by atoms with Crippen molar-refractivity contribution in [2.45, 2.75) is 38.6 Å². The van der Waals surface area contributed by atoms with Crippen molar-refractivity contribution >= 4 is 11.6 Å². The third-order valence-corrected chi connectivity index (χ3v) is 4.15. The Bertz CT molecular complexity index is 359. The van der Waals surface area contributed by atoms with E-state index < -0.39 is 0 Å². The standard InChI is InChI=1S/C14H21ClN2/c1-10-5-7-11(8-6-10)14(17-16)12-3-2-4-13(15)9-12/h2-4,9-11,14,17H,5-8,16H2,1H3. The Balaban J connectivity index is 2.10. The Labute approximate surface area is 109 Å². The van der Waals surface area contributed by atoms with Crippen molar-refractivity contribution < 1.29 is 0 Å². The van der Waals surface area contributed by atoms with Gasteiger partial charge in [0.15, 0.2) is 0 Å². The molecule has 0 bridgehead atoms. The number of hydrazine groups is 1. The van der Waals surface area contributed by atoms with Crippen LogP contribution in [0.2, 0.25) is 5.02 Å². The molecule has 0 amide bonds. The Kier molecular flexibility index (Phi) is 4.43. The molecule has 1 aliphatic carbocycles. The molecule has 3 N–H and O–H groups in total. The molecule has 0 radical (unpaired) electrons. The molecule has 1 saturated carbocycles. The van der Waals surface area contributed by atoms with Crippen LogP contribution in [-0.4, -0.2) is 0 Å². The second-order valence-corrected chi connectivity index (χ2v) is 5.66. The predicted molar refractivity (Wildman–Crippen MR) is 72.6 cm³/mol. The Morgan fingerprint density at radius 1 is 1.29 bits per heavy atom. The summed E-state index contributed by atoms with van der Waals surface area (Å²) in [5.41, 5.74) is 4.18. The van der Waals surface area contributed by atoms with Gasteiger partial charge in [-0.05, 0) is 42.4 Å². The number of rotatable bonds is 3. The fourth-order valence-corrected chi connectivity index (χ4v) is 3.02. The maximum absolute atomic E-state index is 6.04. The molecule has 17 heavy (non-hydrogen) atoms. The lowest BCUT2D eigenvalue weighted by molar-refractivity contribution is 0.232. The Morgan fingerprint density at radius 2 is 2.00 bits per heavy atom. The molecule has 1 aromatic rings. The van der Waals surface area contributed by atoms with Gasteiger partial charge in [0.25, 0.3) is 0 Å². The molecular formula is C14H21ClN2. The number of halogens is 1. The molecule has 0 aromatic heterocycles. The summed E-state index contributed by atoms with van der Waals surface area (Å²) < 4.78 is 0. The van der Waals surface area contributed by atoms with E-state index in [-0.39, 0.29) is 6.04 Å². The molecule has 1 aliphatic rings. The fraction of sp³-hybridized carbons (Fsp3) is 0.571. The molecular weight excluding hydrogens is 232 g/mol. The van der Waals surface area contributed by atoms with Gasteiger partial charge < -0.3 is 0 Å². The smallest absolute Gasteiger partial charge is 0.0488 e.